The Labute approximate surface area is 135 Å². The average molecular weight is 322 g/mol. The van der Waals surface area contributed by atoms with Crippen LogP contribution in [0.25, 0.3) is 0 Å². The first-order valence-corrected chi connectivity index (χ1v) is 8.16. The molecule has 2 bridgehead atoms. The van der Waals surface area contributed by atoms with Gasteiger partial charge in [-0.3, -0.25) is 0 Å². The Morgan fingerprint density at radius 1 is 1.52 bits per heavy atom. The molecule has 0 amide bonds. The molecule has 1 aromatic rings. The summed E-state index contributed by atoms with van der Waals surface area (Å²) in [5, 5.41) is 0. The molecule has 4 heterocycles. The predicted molar refractivity (Wildman–Crippen MR) is 83.1 cm³/mol. The minimum Gasteiger partial charge on any atom is -0.479 e. The fraction of sp³-hybridized carbons (Fsp3) is 0.750. The minimum absolute atomic E-state index is 0.000354. The number of methoxy groups -OCH3 is 1. The Balaban J connectivity index is 1.59. The van der Waals surface area contributed by atoms with Gasteiger partial charge in [0.05, 0.1) is 31.6 Å². The Morgan fingerprint density at radius 3 is 3.09 bits per heavy atom. The van der Waals surface area contributed by atoms with Crippen molar-refractivity contribution in [3.8, 4) is 5.88 Å². The maximum Gasteiger partial charge on any atom is 0.255 e. The van der Waals surface area contributed by atoms with E-state index in [1.54, 1.807) is 0 Å². The van der Waals surface area contributed by atoms with Gasteiger partial charge in [-0.25, -0.2) is 4.98 Å². The number of fused-ring (bicyclic) bond motifs is 1. The van der Waals surface area contributed by atoms with Gasteiger partial charge in [0, 0.05) is 24.9 Å². The highest BCUT2D eigenvalue weighted by Gasteiger charge is 2.63. The zero-order chi connectivity index (χ0) is 16.2. The summed E-state index contributed by atoms with van der Waals surface area (Å²) in [6, 6.07) is 0. The van der Waals surface area contributed by atoms with Gasteiger partial charge < -0.3 is 19.3 Å². The molecule has 1 aromatic heterocycles. The molecule has 6 nitrogen and oxygen atoms in total. The summed E-state index contributed by atoms with van der Waals surface area (Å²) in [5.74, 6) is 1.04. The molecule has 23 heavy (non-hydrogen) atoms. The van der Waals surface area contributed by atoms with Crippen LogP contribution in [0.15, 0.2) is 6.20 Å². The standard InChI is InChI=1S/C16H23FN4O2/c1-20(2)7-10-11-8-21(9-16(11)5-4-13(10)23-16)15-18-6-12(17)14(19-15)22-3/h6,10-11,13H,4-5,7-9H2,1-3H3/t10-,11+,13+,16+/m0/s1. The van der Waals surface area contributed by atoms with Crippen LogP contribution in [0.2, 0.25) is 0 Å². The van der Waals surface area contributed by atoms with Crippen molar-refractivity contribution in [2.75, 3.05) is 45.7 Å². The van der Waals surface area contributed by atoms with Crippen molar-refractivity contribution in [3.05, 3.63) is 12.0 Å². The molecule has 4 rings (SSSR count). The fourth-order valence-electron chi connectivity index (χ4n) is 4.65. The molecule has 3 fully saturated rings. The van der Waals surface area contributed by atoms with Crippen LogP contribution in [0.5, 0.6) is 5.88 Å². The highest BCUT2D eigenvalue weighted by molar-refractivity contribution is 5.38. The number of ether oxygens (including phenoxy) is 2. The molecule has 0 radical (unpaired) electrons. The summed E-state index contributed by atoms with van der Waals surface area (Å²) >= 11 is 0. The molecule has 0 aliphatic carbocycles. The first kappa shape index (κ1) is 15.1. The van der Waals surface area contributed by atoms with Crippen LogP contribution in [-0.4, -0.2) is 67.4 Å². The summed E-state index contributed by atoms with van der Waals surface area (Å²) < 4.78 is 24.9. The van der Waals surface area contributed by atoms with E-state index in [1.807, 2.05) is 0 Å². The second-order valence-electron chi connectivity index (χ2n) is 7.20. The number of hydrogen-bond acceptors (Lipinski definition) is 6. The van der Waals surface area contributed by atoms with E-state index in [0.717, 1.165) is 32.5 Å². The van der Waals surface area contributed by atoms with E-state index < -0.39 is 5.82 Å². The lowest BCUT2D eigenvalue weighted by Gasteiger charge is -2.30. The molecular weight excluding hydrogens is 299 g/mol. The van der Waals surface area contributed by atoms with Gasteiger partial charge in [0.15, 0.2) is 0 Å². The molecule has 0 unspecified atom stereocenters. The summed E-state index contributed by atoms with van der Waals surface area (Å²) in [4.78, 5) is 12.7. The molecule has 126 valence electrons. The summed E-state index contributed by atoms with van der Waals surface area (Å²) in [6.07, 6.45) is 3.80. The second-order valence-corrected chi connectivity index (χ2v) is 7.20. The Hall–Kier alpha value is -1.47. The molecule has 3 aliphatic heterocycles. The minimum atomic E-state index is -0.531. The van der Waals surface area contributed by atoms with E-state index in [2.05, 4.69) is 33.9 Å². The van der Waals surface area contributed by atoms with Crippen molar-refractivity contribution in [2.45, 2.75) is 24.5 Å². The molecule has 3 saturated heterocycles. The third-order valence-electron chi connectivity index (χ3n) is 5.54. The van der Waals surface area contributed by atoms with E-state index in [1.165, 1.54) is 13.3 Å². The molecule has 0 saturated carbocycles. The van der Waals surface area contributed by atoms with E-state index in [9.17, 15) is 4.39 Å². The van der Waals surface area contributed by atoms with E-state index in [0.29, 0.717) is 23.9 Å². The molecule has 7 heteroatoms. The maximum absolute atomic E-state index is 13.5. The Kier molecular flexibility index (Phi) is 3.46. The van der Waals surface area contributed by atoms with Crippen molar-refractivity contribution in [1.29, 1.82) is 0 Å². The SMILES string of the molecule is COc1nc(N2C[C@@H]3[C@H](CN(C)C)[C@H]4CC[C@]3(C2)O4)ncc1F. The Bertz CT molecular complexity index is 614. The number of hydrogen-bond donors (Lipinski definition) is 0. The zero-order valence-corrected chi connectivity index (χ0v) is 13.8. The van der Waals surface area contributed by atoms with Crippen molar-refractivity contribution in [3.63, 3.8) is 0 Å². The first-order chi connectivity index (χ1) is 11.0. The molecule has 0 N–H and O–H groups in total. The van der Waals surface area contributed by atoms with Crippen LogP contribution in [-0.2, 0) is 4.74 Å². The number of nitrogens with zero attached hydrogens (tertiary/aromatic N) is 4. The van der Waals surface area contributed by atoms with Gasteiger partial charge in [-0.1, -0.05) is 0 Å². The number of anilines is 1. The van der Waals surface area contributed by atoms with Gasteiger partial charge in [-0.05, 0) is 26.9 Å². The van der Waals surface area contributed by atoms with E-state index in [4.69, 9.17) is 9.47 Å². The number of rotatable bonds is 4. The largest absolute Gasteiger partial charge is 0.479 e. The lowest BCUT2D eigenvalue weighted by molar-refractivity contribution is 0.0136. The van der Waals surface area contributed by atoms with Gasteiger partial charge in [-0.2, -0.15) is 9.37 Å². The quantitative estimate of drug-likeness (QED) is 0.829. The smallest absolute Gasteiger partial charge is 0.255 e. The average Bonchev–Trinajstić information content (AvgIpc) is 3.17. The monoisotopic (exact) mass is 322 g/mol. The van der Waals surface area contributed by atoms with Gasteiger partial charge in [0.25, 0.3) is 5.88 Å². The molecule has 1 spiro atoms. The topological polar surface area (TPSA) is 50.7 Å². The van der Waals surface area contributed by atoms with Gasteiger partial charge >= 0.3 is 0 Å². The van der Waals surface area contributed by atoms with Crippen LogP contribution < -0.4 is 9.64 Å². The van der Waals surface area contributed by atoms with Gasteiger partial charge in [0.1, 0.15) is 0 Å². The van der Waals surface area contributed by atoms with Crippen LogP contribution in [0.1, 0.15) is 12.8 Å². The van der Waals surface area contributed by atoms with Crippen molar-refractivity contribution < 1.29 is 13.9 Å². The van der Waals surface area contributed by atoms with E-state index in [-0.39, 0.29) is 11.5 Å². The van der Waals surface area contributed by atoms with Crippen LogP contribution >= 0.6 is 0 Å². The van der Waals surface area contributed by atoms with Crippen LogP contribution in [0.3, 0.4) is 0 Å². The zero-order valence-electron chi connectivity index (χ0n) is 13.8. The van der Waals surface area contributed by atoms with Crippen molar-refractivity contribution in [2.24, 2.45) is 11.8 Å². The predicted octanol–water partition coefficient (Wildman–Crippen LogP) is 1.17. The van der Waals surface area contributed by atoms with Gasteiger partial charge in [0.2, 0.25) is 11.8 Å². The summed E-state index contributed by atoms with van der Waals surface area (Å²) in [6.45, 7) is 2.69. The Morgan fingerprint density at radius 2 is 2.35 bits per heavy atom. The highest BCUT2D eigenvalue weighted by atomic mass is 19.1. The maximum atomic E-state index is 13.5. The number of halogens is 1. The van der Waals surface area contributed by atoms with Crippen LogP contribution in [0, 0.1) is 17.7 Å². The lowest BCUT2D eigenvalue weighted by Crippen LogP contribution is -2.40. The second kappa shape index (κ2) is 5.27. The third-order valence-corrected chi connectivity index (χ3v) is 5.54. The first-order valence-electron chi connectivity index (χ1n) is 8.16. The lowest BCUT2D eigenvalue weighted by atomic mass is 9.73. The normalized spacial score (nSPS) is 35.2. The number of aromatic nitrogens is 2. The van der Waals surface area contributed by atoms with Crippen LogP contribution in [0.4, 0.5) is 10.3 Å². The highest BCUT2D eigenvalue weighted by Crippen LogP contribution is 2.55. The molecule has 4 atom stereocenters. The fourth-order valence-corrected chi connectivity index (χ4v) is 4.65. The molecule has 0 aromatic carbocycles. The van der Waals surface area contributed by atoms with Crippen molar-refractivity contribution >= 4 is 5.95 Å². The van der Waals surface area contributed by atoms with E-state index >= 15 is 0 Å². The molecule has 3 aliphatic rings. The summed E-state index contributed by atoms with van der Waals surface area (Å²) in [7, 11) is 5.64. The molecular formula is C16H23FN4O2. The van der Waals surface area contributed by atoms with Gasteiger partial charge in [-0.15, -0.1) is 0 Å². The van der Waals surface area contributed by atoms with Crippen molar-refractivity contribution in [1.82, 2.24) is 14.9 Å². The summed E-state index contributed by atoms with van der Waals surface area (Å²) in [5.41, 5.74) is -0.0731. The third kappa shape index (κ3) is 2.29.